The Kier molecular flexibility index (Phi) is 3.97. The number of carbonyl (C=O) groups is 1. The predicted octanol–water partition coefficient (Wildman–Crippen LogP) is 3.21. The summed E-state index contributed by atoms with van der Waals surface area (Å²) in [5.74, 6) is -0.497. The van der Waals surface area contributed by atoms with Crippen molar-refractivity contribution in [1.29, 1.82) is 0 Å². The van der Waals surface area contributed by atoms with Gasteiger partial charge in [0.25, 0.3) is 0 Å². The molecule has 0 fully saturated rings. The summed E-state index contributed by atoms with van der Waals surface area (Å²) in [7, 11) is 1.33. The Labute approximate surface area is 131 Å². The van der Waals surface area contributed by atoms with Crippen LogP contribution in [0.3, 0.4) is 0 Å². The highest BCUT2D eigenvalue weighted by Crippen LogP contribution is 2.24. The van der Waals surface area contributed by atoms with Gasteiger partial charge in [0, 0.05) is 22.8 Å². The zero-order valence-corrected chi connectivity index (χ0v) is 12.9. The number of thioether (sulfide) groups is 1. The van der Waals surface area contributed by atoms with Gasteiger partial charge in [0.15, 0.2) is 10.9 Å². The van der Waals surface area contributed by atoms with Crippen molar-refractivity contribution in [3.63, 3.8) is 0 Å². The summed E-state index contributed by atoms with van der Waals surface area (Å²) in [5, 5.41) is 4.77. The molecule has 3 aromatic rings. The lowest BCUT2D eigenvalue weighted by Gasteiger charge is -2.10. The fraction of sp³-hybridized carbons (Fsp3) is 0.133. The molecule has 7 heteroatoms. The van der Waals surface area contributed by atoms with E-state index in [-0.39, 0.29) is 5.69 Å². The Morgan fingerprint density at radius 1 is 1.36 bits per heavy atom. The van der Waals surface area contributed by atoms with E-state index in [2.05, 4.69) is 20.3 Å². The van der Waals surface area contributed by atoms with E-state index in [0.29, 0.717) is 10.8 Å². The molecule has 0 spiro atoms. The lowest BCUT2D eigenvalue weighted by molar-refractivity contribution is 0.0594. The molecule has 2 heterocycles. The van der Waals surface area contributed by atoms with E-state index >= 15 is 0 Å². The van der Waals surface area contributed by atoms with Gasteiger partial charge in [0.1, 0.15) is 0 Å². The third-order valence-electron chi connectivity index (χ3n) is 3.16. The van der Waals surface area contributed by atoms with Gasteiger partial charge < -0.3 is 15.0 Å². The van der Waals surface area contributed by atoms with Crippen LogP contribution in [-0.2, 0) is 4.74 Å². The maximum atomic E-state index is 11.9. The molecule has 1 aromatic carbocycles. The molecule has 0 saturated carbocycles. The Balaban J connectivity index is 1.98. The Morgan fingerprint density at radius 2 is 2.23 bits per heavy atom. The monoisotopic (exact) mass is 314 g/mol. The first-order chi connectivity index (χ1) is 10.7. The molecule has 0 bridgehead atoms. The number of H-pyrrole nitrogens is 1. The Morgan fingerprint density at radius 3 is 3.00 bits per heavy atom. The fourth-order valence-corrected chi connectivity index (χ4v) is 2.43. The van der Waals surface area contributed by atoms with Gasteiger partial charge in [0.05, 0.1) is 19.0 Å². The molecule has 0 aliphatic heterocycles. The SMILES string of the molecule is COC(=O)c1nc(SC)ncc1Nc1ccc2[nH]ccc2c1. The van der Waals surface area contributed by atoms with E-state index < -0.39 is 5.97 Å². The number of ether oxygens (including phenoxy) is 1. The van der Waals surface area contributed by atoms with Gasteiger partial charge in [-0.25, -0.2) is 14.8 Å². The van der Waals surface area contributed by atoms with Crippen LogP contribution in [0, 0.1) is 0 Å². The molecule has 0 saturated heterocycles. The summed E-state index contributed by atoms with van der Waals surface area (Å²) < 4.78 is 4.79. The molecule has 0 unspecified atom stereocenters. The first kappa shape index (κ1) is 14.4. The van der Waals surface area contributed by atoms with Gasteiger partial charge in [-0.15, -0.1) is 0 Å². The first-order valence-electron chi connectivity index (χ1n) is 6.55. The minimum atomic E-state index is -0.497. The van der Waals surface area contributed by atoms with Crippen LogP contribution in [-0.4, -0.2) is 34.3 Å². The number of carbonyl (C=O) groups excluding carboxylic acids is 1. The smallest absolute Gasteiger partial charge is 0.359 e. The number of esters is 1. The summed E-state index contributed by atoms with van der Waals surface area (Å²) in [6, 6.07) is 7.85. The highest BCUT2D eigenvalue weighted by molar-refractivity contribution is 7.98. The number of rotatable bonds is 4. The molecule has 0 radical (unpaired) electrons. The van der Waals surface area contributed by atoms with E-state index in [0.717, 1.165) is 16.6 Å². The van der Waals surface area contributed by atoms with Crippen LogP contribution >= 0.6 is 11.8 Å². The van der Waals surface area contributed by atoms with Crippen molar-refractivity contribution in [3.05, 3.63) is 42.4 Å². The van der Waals surface area contributed by atoms with Gasteiger partial charge in [0.2, 0.25) is 0 Å². The van der Waals surface area contributed by atoms with Crippen molar-refractivity contribution in [2.75, 3.05) is 18.7 Å². The zero-order valence-electron chi connectivity index (χ0n) is 12.1. The fourth-order valence-electron chi connectivity index (χ4n) is 2.09. The summed E-state index contributed by atoms with van der Waals surface area (Å²) in [4.78, 5) is 23.4. The average molecular weight is 314 g/mol. The average Bonchev–Trinajstić information content (AvgIpc) is 3.02. The topological polar surface area (TPSA) is 79.9 Å². The lowest BCUT2D eigenvalue weighted by atomic mass is 10.2. The number of hydrogen-bond donors (Lipinski definition) is 2. The Bertz CT molecular complexity index is 831. The van der Waals surface area contributed by atoms with Gasteiger partial charge in [-0.2, -0.15) is 0 Å². The summed E-state index contributed by atoms with van der Waals surface area (Å²) in [6.45, 7) is 0. The van der Waals surface area contributed by atoms with E-state index in [1.807, 2.05) is 36.7 Å². The number of aromatic amines is 1. The number of nitrogens with zero attached hydrogens (tertiary/aromatic N) is 2. The van der Waals surface area contributed by atoms with Crippen molar-refractivity contribution in [2.45, 2.75) is 5.16 Å². The normalized spacial score (nSPS) is 10.6. The summed E-state index contributed by atoms with van der Waals surface area (Å²) in [6.07, 6.45) is 5.32. The highest BCUT2D eigenvalue weighted by atomic mass is 32.2. The number of aromatic nitrogens is 3. The number of hydrogen-bond acceptors (Lipinski definition) is 6. The van der Waals surface area contributed by atoms with E-state index in [1.165, 1.54) is 18.9 Å². The van der Waals surface area contributed by atoms with Crippen LogP contribution in [0.25, 0.3) is 10.9 Å². The largest absolute Gasteiger partial charge is 0.464 e. The van der Waals surface area contributed by atoms with Gasteiger partial charge in [-0.1, -0.05) is 11.8 Å². The molecule has 0 aliphatic rings. The Hall–Kier alpha value is -2.54. The van der Waals surface area contributed by atoms with E-state index in [9.17, 15) is 4.79 Å². The first-order valence-corrected chi connectivity index (χ1v) is 7.77. The predicted molar refractivity (Wildman–Crippen MR) is 86.7 cm³/mol. The third-order valence-corrected chi connectivity index (χ3v) is 3.72. The molecule has 2 N–H and O–H groups in total. The van der Waals surface area contributed by atoms with Crippen molar-refractivity contribution in [3.8, 4) is 0 Å². The minimum Gasteiger partial charge on any atom is -0.464 e. The second-order valence-electron chi connectivity index (χ2n) is 4.52. The van der Waals surface area contributed by atoms with Crippen LogP contribution in [0.4, 0.5) is 11.4 Å². The molecule has 3 rings (SSSR count). The third kappa shape index (κ3) is 2.75. The van der Waals surface area contributed by atoms with Crippen molar-refractivity contribution in [1.82, 2.24) is 15.0 Å². The number of anilines is 2. The number of fused-ring (bicyclic) bond motifs is 1. The molecule has 22 heavy (non-hydrogen) atoms. The molecule has 112 valence electrons. The molecular weight excluding hydrogens is 300 g/mol. The molecule has 0 aliphatic carbocycles. The van der Waals surface area contributed by atoms with Gasteiger partial charge in [-0.3, -0.25) is 0 Å². The van der Waals surface area contributed by atoms with Gasteiger partial charge in [-0.05, 0) is 30.5 Å². The number of benzene rings is 1. The quantitative estimate of drug-likeness (QED) is 0.437. The van der Waals surface area contributed by atoms with E-state index in [1.54, 1.807) is 6.20 Å². The van der Waals surface area contributed by atoms with Gasteiger partial charge >= 0.3 is 5.97 Å². The zero-order chi connectivity index (χ0) is 15.5. The van der Waals surface area contributed by atoms with Crippen LogP contribution in [0.5, 0.6) is 0 Å². The molecule has 0 amide bonds. The second kappa shape index (κ2) is 6.07. The summed E-state index contributed by atoms with van der Waals surface area (Å²) in [5.41, 5.74) is 2.63. The second-order valence-corrected chi connectivity index (χ2v) is 5.29. The molecular formula is C15H14N4O2S. The number of nitrogens with one attached hydrogen (secondary N) is 2. The molecule has 0 atom stereocenters. The summed E-state index contributed by atoms with van der Waals surface area (Å²) >= 11 is 1.37. The molecule has 2 aromatic heterocycles. The van der Waals surface area contributed by atoms with Crippen LogP contribution in [0.1, 0.15) is 10.5 Å². The number of methoxy groups -OCH3 is 1. The standard InChI is InChI=1S/C15H14N4O2S/c1-21-14(20)13-12(8-17-15(19-13)22-2)18-10-3-4-11-9(7-10)5-6-16-11/h3-8,16,18H,1-2H3. The maximum absolute atomic E-state index is 11.9. The lowest BCUT2D eigenvalue weighted by Crippen LogP contribution is -2.10. The van der Waals surface area contributed by atoms with Crippen molar-refractivity contribution >= 4 is 40.0 Å². The van der Waals surface area contributed by atoms with Crippen LogP contribution in [0.15, 0.2) is 41.8 Å². The van der Waals surface area contributed by atoms with Crippen molar-refractivity contribution in [2.24, 2.45) is 0 Å². The minimum absolute atomic E-state index is 0.219. The van der Waals surface area contributed by atoms with Crippen LogP contribution in [0.2, 0.25) is 0 Å². The van der Waals surface area contributed by atoms with Crippen LogP contribution < -0.4 is 5.32 Å². The highest BCUT2D eigenvalue weighted by Gasteiger charge is 2.16. The molecule has 6 nitrogen and oxygen atoms in total. The van der Waals surface area contributed by atoms with Crippen molar-refractivity contribution < 1.29 is 9.53 Å². The maximum Gasteiger partial charge on any atom is 0.359 e. The van der Waals surface area contributed by atoms with E-state index in [4.69, 9.17) is 4.74 Å².